The number of carbonyl (C=O) groups excluding carboxylic acids is 1. The molecule has 3 heterocycles. The number of ether oxygens (including phenoxy) is 6. The molecule has 0 saturated carbocycles. The van der Waals surface area contributed by atoms with Crippen molar-refractivity contribution >= 4 is 70.2 Å². The van der Waals surface area contributed by atoms with Gasteiger partial charge in [0.05, 0.1) is 64.6 Å². The summed E-state index contributed by atoms with van der Waals surface area (Å²) in [4.78, 5) is 33.1. The Morgan fingerprint density at radius 3 is 2.24 bits per heavy atom. The first-order valence-corrected chi connectivity index (χ1v) is 32.5. The van der Waals surface area contributed by atoms with Crippen molar-refractivity contribution in [3.63, 3.8) is 0 Å². The Labute approximate surface area is 505 Å². The molecule has 0 amide bonds. The molecule has 0 radical (unpaired) electrons. The van der Waals surface area contributed by atoms with E-state index in [4.69, 9.17) is 76.8 Å². The second-order valence-corrected chi connectivity index (χ2v) is 28.5. The molecule has 8 rings (SSSR count). The Morgan fingerprint density at radius 1 is 0.857 bits per heavy atom. The topological polar surface area (TPSA) is 182 Å². The molecule has 0 saturated heterocycles. The summed E-state index contributed by atoms with van der Waals surface area (Å²) in [5, 5.41) is 0.00873. The van der Waals surface area contributed by atoms with Gasteiger partial charge in [-0.1, -0.05) is 104 Å². The van der Waals surface area contributed by atoms with Gasteiger partial charge in [0.15, 0.2) is 11.6 Å². The second kappa shape index (κ2) is 27.3. The molecular weight excluding hydrogens is 1180 g/mol. The van der Waals surface area contributed by atoms with Crippen LogP contribution in [0, 0.1) is 19.7 Å². The molecule has 0 N–H and O–H groups in total. The summed E-state index contributed by atoms with van der Waals surface area (Å²) in [6.07, 6.45) is 1.86. The molecule has 0 aliphatic heterocycles. The highest BCUT2D eigenvalue weighted by Crippen LogP contribution is 2.49. The van der Waals surface area contributed by atoms with Gasteiger partial charge in [-0.15, -0.1) is 6.58 Å². The second-order valence-electron chi connectivity index (χ2n) is 21.0. The highest BCUT2D eigenvalue weighted by atomic mass is 35.5. The Balaban J connectivity index is 1.22. The number of esters is 1. The number of methoxy groups -OCH3 is 1. The number of carbonyl (C=O) groups is 1. The molecule has 8 aromatic rings. The molecule has 16 nitrogen and oxygen atoms in total. The number of fused-ring (bicyclic) bond motifs is 1. The first-order valence-electron chi connectivity index (χ1n) is 26.8. The van der Waals surface area contributed by atoms with Gasteiger partial charge < -0.3 is 37.4 Å². The van der Waals surface area contributed by atoms with E-state index in [1.165, 1.54) is 24.5 Å². The Bertz CT molecular complexity index is 3750. The third-order valence-electron chi connectivity index (χ3n) is 14.1. The van der Waals surface area contributed by atoms with Crippen LogP contribution in [0.15, 0.2) is 128 Å². The maximum atomic E-state index is 14.7. The molecular formula is C62H65Cl3FN5O11SSi. The third-order valence-corrected chi connectivity index (χ3v) is 20.9. The fourth-order valence-electron chi connectivity index (χ4n) is 8.85. The zero-order chi connectivity index (χ0) is 60.5. The lowest BCUT2D eigenvalue weighted by molar-refractivity contribution is -0.151. The molecule has 5 aromatic carbocycles. The average molecular weight is 1240 g/mol. The Morgan fingerprint density at radius 2 is 1.56 bits per heavy atom. The van der Waals surface area contributed by atoms with Crippen LogP contribution in [0.3, 0.4) is 0 Å². The predicted molar refractivity (Wildman–Crippen MR) is 327 cm³/mol. The molecule has 0 unspecified atom stereocenters. The van der Waals surface area contributed by atoms with Crippen molar-refractivity contribution in [1.82, 2.24) is 24.5 Å². The third kappa shape index (κ3) is 14.7. The van der Waals surface area contributed by atoms with Crippen molar-refractivity contribution in [2.24, 2.45) is 0 Å². The highest BCUT2D eigenvalue weighted by molar-refractivity contribution is 7.85. The van der Waals surface area contributed by atoms with Crippen LogP contribution in [0.4, 0.5) is 4.39 Å². The molecule has 0 spiro atoms. The molecule has 0 aliphatic rings. The van der Waals surface area contributed by atoms with E-state index in [0.717, 1.165) is 0 Å². The monoisotopic (exact) mass is 1240 g/mol. The first-order chi connectivity index (χ1) is 40.0. The number of benzene rings is 5. The van der Waals surface area contributed by atoms with E-state index in [9.17, 15) is 17.6 Å². The van der Waals surface area contributed by atoms with E-state index in [-0.39, 0.29) is 81.4 Å². The van der Waals surface area contributed by atoms with Crippen LogP contribution in [-0.2, 0) is 47.4 Å². The van der Waals surface area contributed by atoms with Gasteiger partial charge in [0.1, 0.15) is 65.5 Å². The quantitative estimate of drug-likeness (QED) is 0.0164. The maximum Gasteiger partial charge on any atom is 0.347 e. The lowest BCUT2D eigenvalue weighted by Crippen LogP contribution is -2.43. The summed E-state index contributed by atoms with van der Waals surface area (Å²) < 4.78 is 92.1. The van der Waals surface area contributed by atoms with Gasteiger partial charge in [0.2, 0.25) is 20.3 Å². The van der Waals surface area contributed by atoms with Crippen LogP contribution in [0.2, 0.25) is 33.2 Å². The molecule has 0 bridgehead atoms. The fraction of sp³-hybridized carbons (Fsp3) is 0.306. The van der Waals surface area contributed by atoms with E-state index in [0.29, 0.717) is 73.5 Å². The normalized spacial score (nSPS) is 12.6. The molecule has 84 heavy (non-hydrogen) atoms. The lowest BCUT2D eigenvalue weighted by Gasteiger charge is -2.36. The van der Waals surface area contributed by atoms with Crippen molar-refractivity contribution in [3.8, 4) is 57.2 Å². The van der Waals surface area contributed by atoms with Crippen molar-refractivity contribution in [1.29, 1.82) is 0 Å². The molecule has 3 aromatic heterocycles. The van der Waals surface area contributed by atoms with Crippen LogP contribution in [0.1, 0.15) is 55.6 Å². The number of aromatic nitrogens is 5. The summed E-state index contributed by atoms with van der Waals surface area (Å²) in [6.45, 7) is 19.1. The number of halogens is 4. The Hall–Kier alpha value is -7.10. The van der Waals surface area contributed by atoms with Gasteiger partial charge in [-0.2, -0.15) is 13.4 Å². The van der Waals surface area contributed by atoms with Crippen molar-refractivity contribution in [2.45, 2.75) is 90.7 Å². The summed E-state index contributed by atoms with van der Waals surface area (Å²) >= 11 is 22.1. The van der Waals surface area contributed by atoms with E-state index >= 15 is 0 Å². The number of hydrogen-bond donors (Lipinski definition) is 0. The Kier molecular flexibility index (Phi) is 20.4. The average Bonchev–Trinajstić information content (AvgIpc) is 1.68. The van der Waals surface area contributed by atoms with Gasteiger partial charge in [0, 0.05) is 23.7 Å². The lowest BCUT2D eigenvalue weighted by atomic mass is 10.1. The van der Waals surface area contributed by atoms with E-state index in [1.54, 1.807) is 93.2 Å². The standard InChI is InChI=1S/C62H65Cl3FN5O11SSi/c1-11-30-76-34-46(35-79-83(73,74)36-40-18-14-13-15-19-40)80-58-51(63)38(3)55(39(4)52(58)64)71-56(41-22-24-43(66)25-23-41)53(65)54-57(71)60(69-37-68-54)81-50(61(72)77-12-2)32-42-31-45(82-84(9,10)62(5,6)7)26-27-48(42)78-33-44-28-29-67-59(70-44)47-20-16-17-21-49(47)75-8/h11,13-29,31,37,46,50H,1,12,30,32-36H2,2-10H3/t46-,50-/m1/s1. The van der Waals surface area contributed by atoms with Crippen molar-refractivity contribution in [3.05, 3.63) is 177 Å². The number of rotatable bonds is 26. The minimum Gasteiger partial charge on any atom is -0.543 e. The van der Waals surface area contributed by atoms with Crippen LogP contribution >= 0.6 is 34.8 Å². The molecule has 0 fully saturated rings. The van der Waals surface area contributed by atoms with Crippen molar-refractivity contribution in [2.75, 3.05) is 33.5 Å². The van der Waals surface area contributed by atoms with Crippen molar-refractivity contribution < 1.29 is 54.6 Å². The van der Waals surface area contributed by atoms with E-state index in [1.807, 2.05) is 36.4 Å². The van der Waals surface area contributed by atoms with Gasteiger partial charge in [-0.05, 0) is 116 Å². The summed E-state index contributed by atoms with van der Waals surface area (Å²) in [6, 6.07) is 28.9. The predicted octanol–water partition coefficient (Wildman–Crippen LogP) is 14.3. The summed E-state index contributed by atoms with van der Waals surface area (Å²) in [5.74, 6) is 0.307. The number of para-hydroxylation sites is 1. The van der Waals surface area contributed by atoms with Gasteiger partial charge >= 0.3 is 5.97 Å². The van der Waals surface area contributed by atoms with Crippen LogP contribution in [0.5, 0.6) is 28.9 Å². The number of hydrogen-bond acceptors (Lipinski definition) is 15. The van der Waals surface area contributed by atoms with Crippen LogP contribution in [-0.4, -0.2) is 93.0 Å². The minimum absolute atomic E-state index is 0.00342. The molecule has 22 heteroatoms. The summed E-state index contributed by atoms with van der Waals surface area (Å²) in [5.41, 5.74) is 4.62. The SMILES string of the molecule is C=CCOC[C@H](COS(=O)(=O)Cc1ccccc1)Oc1c(Cl)c(C)c(-n2c(-c3ccc(F)cc3)c(Cl)c3ncnc(O[C@H](Cc4cc(O[Si](C)(C)C(C)(C)C)ccc4OCc4ccnc(-c5ccccc5OC)n4)C(=O)OCC)c32)c(C)c1Cl. The van der Waals surface area contributed by atoms with Gasteiger partial charge in [-0.3, -0.25) is 4.18 Å². The van der Waals surface area contributed by atoms with Crippen LogP contribution in [0.25, 0.3) is 39.4 Å². The van der Waals surface area contributed by atoms with Crippen LogP contribution < -0.4 is 23.4 Å². The number of nitrogens with zero attached hydrogens (tertiary/aromatic N) is 5. The van der Waals surface area contributed by atoms with E-state index < -0.39 is 49.0 Å². The molecule has 0 aliphatic carbocycles. The highest BCUT2D eigenvalue weighted by Gasteiger charge is 2.39. The minimum atomic E-state index is -4.10. The van der Waals surface area contributed by atoms with E-state index in [2.05, 4.69) is 55.4 Å². The summed E-state index contributed by atoms with van der Waals surface area (Å²) in [7, 11) is -4.92. The smallest absolute Gasteiger partial charge is 0.347 e. The van der Waals surface area contributed by atoms with Gasteiger partial charge in [-0.25, -0.2) is 24.1 Å². The largest absolute Gasteiger partial charge is 0.543 e. The van der Waals surface area contributed by atoms with Gasteiger partial charge in [0.25, 0.3) is 10.1 Å². The fourth-order valence-corrected chi connectivity index (χ4v) is 11.8. The first kappa shape index (κ1) is 62.9. The molecule has 2 atom stereocenters. The zero-order valence-corrected chi connectivity index (χ0v) is 52.1. The maximum absolute atomic E-state index is 14.7. The zero-order valence-electron chi connectivity index (χ0n) is 48.0. The molecule has 442 valence electrons.